The predicted octanol–water partition coefficient (Wildman–Crippen LogP) is 1.93. The summed E-state index contributed by atoms with van der Waals surface area (Å²) in [4.78, 5) is 1.12. The zero-order chi connectivity index (χ0) is 13.9. The van der Waals surface area contributed by atoms with E-state index in [0.717, 1.165) is 30.7 Å². The van der Waals surface area contributed by atoms with Crippen LogP contribution in [0.1, 0.15) is 24.6 Å². The van der Waals surface area contributed by atoms with Gasteiger partial charge in [-0.05, 0) is 50.9 Å². The number of likely N-dealkylation sites (N-methyl/N-ethyl adjacent to an activating group) is 1. The molecular formula is C13H22N2O2S2. The highest BCUT2D eigenvalue weighted by atomic mass is 32.2. The zero-order valence-corrected chi connectivity index (χ0v) is 13.2. The van der Waals surface area contributed by atoms with E-state index in [0.29, 0.717) is 23.2 Å². The van der Waals surface area contributed by atoms with E-state index in [9.17, 15) is 8.42 Å². The molecular weight excluding hydrogens is 280 g/mol. The SMILES string of the molecule is CNCCc1ccc(S(=O)(=O)N2CCCC(C)C2)s1. The van der Waals surface area contributed by atoms with Crippen LogP contribution in [0.15, 0.2) is 16.3 Å². The van der Waals surface area contributed by atoms with Crippen molar-refractivity contribution in [1.82, 2.24) is 9.62 Å². The molecule has 2 heterocycles. The molecule has 1 aromatic rings. The number of sulfonamides is 1. The molecule has 4 nitrogen and oxygen atoms in total. The average Bonchev–Trinajstić information content (AvgIpc) is 2.86. The van der Waals surface area contributed by atoms with Crippen LogP contribution in [0.2, 0.25) is 0 Å². The lowest BCUT2D eigenvalue weighted by Crippen LogP contribution is -2.38. The second kappa shape index (κ2) is 6.35. The average molecular weight is 302 g/mol. The molecule has 1 fully saturated rings. The Morgan fingerprint density at radius 1 is 1.47 bits per heavy atom. The molecule has 1 unspecified atom stereocenters. The Morgan fingerprint density at radius 2 is 2.26 bits per heavy atom. The standard InChI is InChI=1S/C13H22N2O2S2/c1-11-4-3-9-15(10-11)19(16,17)13-6-5-12(18-13)7-8-14-2/h5-6,11,14H,3-4,7-10H2,1-2H3. The summed E-state index contributed by atoms with van der Waals surface area (Å²) >= 11 is 1.41. The summed E-state index contributed by atoms with van der Waals surface area (Å²) in [6.45, 7) is 4.32. The first kappa shape index (κ1) is 15.0. The Balaban J connectivity index is 2.12. The molecule has 1 aliphatic heterocycles. The number of nitrogens with one attached hydrogen (secondary N) is 1. The van der Waals surface area contributed by atoms with Gasteiger partial charge in [-0.15, -0.1) is 11.3 Å². The van der Waals surface area contributed by atoms with E-state index in [1.807, 2.05) is 13.1 Å². The van der Waals surface area contributed by atoms with Gasteiger partial charge in [-0.1, -0.05) is 6.92 Å². The lowest BCUT2D eigenvalue weighted by atomic mass is 10.0. The molecule has 0 aromatic carbocycles. The topological polar surface area (TPSA) is 49.4 Å². The summed E-state index contributed by atoms with van der Waals surface area (Å²) in [5.74, 6) is 0.465. The molecule has 0 amide bonds. The van der Waals surface area contributed by atoms with Gasteiger partial charge in [0.25, 0.3) is 10.0 Å². The molecule has 0 aliphatic carbocycles. The number of nitrogens with zero attached hydrogens (tertiary/aromatic N) is 1. The Kier molecular flexibility index (Phi) is 5.00. The Bertz CT molecular complexity index is 510. The predicted molar refractivity (Wildman–Crippen MR) is 79.1 cm³/mol. The Morgan fingerprint density at radius 3 is 2.95 bits per heavy atom. The molecule has 1 atom stereocenters. The first-order valence-corrected chi connectivity index (χ1v) is 9.03. The number of hydrogen-bond acceptors (Lipinski definition) is 4. The quantitative estimate of drug-likeness (QED) is 0.904. The van der Waals surface area contributed by atoms with Gasteiger partial charge in [0.15, 0.2) is 0 Å². The number of thiophene rings is 1. The molecule has 2 rings (SSSR count). The zero-order valence-electron chi connectivity index (χ0n) is 11.6. The summed E-state index contributed by atoms with van der Waals surface area (Å²) in [6, 6.07) is 3.69. The third kappa shape index (κ3) is 3.56. The van der Waals surface area contributed by atoms with E-state index in [-0.39, 0.29) is 0 Å². The van der Waals surface area contributed by atoms with E-state index < -0.39 is 10.0 Å². The van der Waals surface area contributed by atoms with Gasteiger partial charge < -0.3 is 5.32 Å². The molecule has 0 saturated carbocycles. The second-order valence-electron chi connectivity index (χ2n) is 5.18. The van der Waals surface area contributed by atoms with Crippen LogP contribution in [-0.2, 0) is 16.4 Å². The lowest BCUT2D eigenvalue weighted by Gasteiger charge is -2.29. The maximum absolute atomic E-state index is 12.5. The molecule has 1 saturated heterocycles. The minimum atomic E-state index is -3.27. The van der Waals surface area contributed by atoms with Gasteiger partial charge in [-0.25, -0.2) is 8.42 Å². The fourth-order valence-corrected chi connectivity index (χ4v) is 5.48. The molecule has 19 heavy (non-hydrogen) atoms. The highest BCUT2D eigenvalue weighted by Crippen LogP contribution is 2.28. The van der Waals surface area contributed by atoms with Crippen molar-refractivity contribution in [3.05, 3.63) is 17.0 Å². The summed E-state index contributed by atoms with van der Waals surface area (Å²) in [6.07, 6.45) is 2.98. The van der Waals surface area contributed by atoms with Crippen LogP contribution >= 0.6 is 11.3 Å². The van der Waals surface area contributed by atoms with Crippen LogP contribution in [0.4, 0.5) is 0 Å². The second-order valence-corrected chi connectivity index (χ2v) is 8.52. The first-order valence-electron chi connectivity index (χ1n) is 6.77. The summed E-state index contributed by atoms with van der Waals surface area (Å²) in [7, 11) is -1.36. The van der Waals surface area contributed by atoms with Crippen LogP contribution in [0.5, 0.6) is 0 Å². The van der Waals surface area contributed by atoms with Crippen LogP contribution < -0.4 is 5.32 Å². The van der Waals surface area contributed by atoms with E-state index >= 15 is 0 Å². The van der Waals surface area contributed by atoms with E-state index in [2.05, 4.69) is 12.2 Å². The van der Waals surface area contributed by atoms with Crippen LogP contribution in [-0.4, -0.2) is 39.4 Å². The van der Waals surface area contributed by atoms with E-state index in [1.165, 1.54) is 11.3 Å². The molecule has 1 aliphatic rings. The molecule has 108 valence electrons. The molecule has 6 heteroatoms. The van der Waals surface area contributed by atoms with E-state index in [4.69, 9.17) is 0 Å². The molecule has 1 aromatic heterocycles. The first-order chi connectivity index (χ1) is 9.04. The van der Waals surface area contributed by atoms with Gasteiger partial charge in [-0.3, -0.25) is 0 Å². The largest absolute Gasteiger partial charge is 0.319 e. The smallest absolute Gasteiger partial charge is 0.252 e. The van der Waals surface area contributed by atoms with Gasteiger partial charge in [0.2, 0.25) is 0 Å². The van der Waals surface area contributed by atoms with Gasteiger partial charge >= 0.3 is 0 Å². The summed E-state index contributed by atoms with van der Waals surface area (Å²) in [5, 5.41) is 3.08. The normalized spacial score (nSPS) is 21.7. The van der Waals surface area contributed by atoms with Crippen LogP contribution in [0, 0.1) is 5.92 Å². The van der Waals surface area contributed by atoms with Crippen molar-refractivity contribution in [2.45, 2.75) is 30.4 Å². The third-order valence-electron chi connectivity index (χ3n) is 3.47. The van der Waals surface area contributed by atoms with Crippen molar-refractivity contribution in [2.75, 3.05) is 26.7 Å². The summed E-state index contributed by atoms with van der Waals surface area (Å²) < 4.78 is 27.2. The Hall–Kier alpha value is -0.430. The van der Waals surface area contributed by atoms with Crippen molar-refractivity contribution in [3.8, 4) is 0 Å². The molecule has 0 radical (unpaired) electrons. The van der Waals surface area contributed by atoms with E-state index in [1.54, 1.807) is 10.4 Å². The maximum Gasteiger partial charge on any atom is 0.252 e. The lowest BCUT2D eigenvalue weighted by molar-refractivity contribution is 0.281. The fourth-order valence-electron chi connectivity index (χ4n) is 2.37. The minimum absolute atomic E-state index is 0.465. The van der Waals surface area contributed by atoms with Crippen molar-refractivity contribution < 1.29 is 8.42 Å². The maximum atomic E-state index is 12.5. The third-order valence-corrected chi connectivity index (χ3v) is 6.95. The van der Waals surface area contributed by atoms with Crippen LogP contribution in [0.25, 0.3) is 0 Å². The minimum Gasteiger partial charge on any atom is -0.319 e. The van der Waals surface area contributed by atoms with Crippen molar-refractivity contribution in [2.24, 2.45) is 5.92 Å². The monoisotopic (exact) mass is 302 g/mol. The van der Waals surface area contributed by atoms with Gasteiger partial charge in [0, 0.05) is 18.0 Å². The molecule has 0 spiro atoms. The van der Waals surface area contributed by atoms with Gasteiger partial charge in [0.05, 0.1) is 0 Å². The van der Waals surface area contributed by atoms with Gasteiger partial charge in [-0.2, -0.15) is 4.31 Å². The molecule has 0 bridgehead atoms. The number of hydrogen-bond donors (Lipinski definition) is 1. The summed E-state index contributed by atoms with van der Waals surface area (Å²) in [5.41, 5.74) is 0. The number of piperidine rings is 1. The van der Waals surface area contributed by atoms with Crippen molar-refractivity contribution in [1.29, 1.82) is 0 Å². The van der Waals surface area contributed by atoms with Gasteiger partial charge in [0.1, 0.15) is 4.21 Å². The number of rotatable bonds is 5. The van der Waals surface area contributed by atoms with Crippen LogP contribution in [0.3, 0.4) is 0 Å². The highest BCUT2D eigenvalue weighted by molar-refractivity contribution is 7.91. The fraction of sp³-hybridized carbons (Fsp3) is 0.692. The highest BCUT2D eigenvalue weighted by Gasteiger charge is 2.29. The van der Waals surface area contributed by atoms with Crippen molar-refractivity contribution >= 4 is 21.4 Å². The Labute approximate surface area is 119 Å². The van der Waals surface area contributed by atoms with Crippen molar-refractivity contribution in [3.63, 3.8) is 0 Å². The molecule has 1 N–H and O–H groups in total.